The molecule has 0 saturated carbocycles. The van der Waals surface area contributed by atoms with Gasteiger partial charge in [0.25, 0.3) is 0 Å². The Hall–Kier alpha value is -1.32. The highest BCUT2D eigenvalue weighted by atomic mass is 35.5. The summed E-state index contributed by atoms with van der Waals surface area (Å²) in [5, 5.41) is 8.81. The SMILES string of the molecule is Clc1ccc(-n2ccc(C3CCNCC3)n2)cc1. The highest BCUT2D eigenvalue weighted by Gasteiger charge is 2.17. The van der Waals surface area contributed by atoms with Crippen LogP contribution in [0.2, 0.25) is 5.02 Å². The second-order valence-corrected chi connectivity index (χ2v) is 5.12. The van der Waals surface area contributed by atoms with Crippen LogP contribution in [0.15, 0.2) is 36.5 Å². The van der Waals surface area contributed by atoms with Crippen LogP contribution >= 0.6 is 11.6 Å². The van der Waals surface area contributed by atoms with Crippen LogP contribution in [0.3, 0.4) is 0 Å². The van der Waals surface area contributed by atoms with Gasteiger partial charge in [0, 0.05) is 17.1 Å². The first-order valence-electron chi connectivity index (χ1n) is 6.35. The molecule has 2 heterocycles. The summed E-state index contributed by atoms with van der Waals surface area (Å²) in [7, 11) is 0. The quantitative estimate of drug-likeness (QED) is 0.901. The molecule has 1 aromatic carbocycles. The molecular formula is C14H16ClN3. The van der Waals surface area contributed by atoms with E-state index in [4.69, 9.17) is 11.6 Å². The van der Waals surface area contributed by atoms with E-state index >= 15 is 0 Å². The second kappa shape index (κ2) is 5.12. The van der Waals surface area contributed by atoms with Crippen LogP contribution in [-0.2, 0) is 0 Å². The number of benzene rings is 1. The molecule has 0 aliphatic carbocycles. The Morgan fingerprint density at radius 1 is 1.11 bits per heavy atom. The highest BCUT2D eigenvalue weighted by Crippen LogP contribution is 2.24. The fourth-order valence-corrected chi connectivity index (χ4v) is 2.54. The normalized spacial score (nSPS) is 16.9. The number of hydrogen-bond acceptors (Lipinski definition) is 2. The van der Waals surface area contributed by atoms with Crippen molar-refractivity contribution in [2.45, 2.75) is 18.8 Å². The molecule has 18 heavy (non-hydrogen) atoms. The van der Waals surface area contributed by atoms with Crippen molar-refractivity contribution in [2.24, 2.45) is 0 Å². The van der Waals surface area contributed by atoms with E-state index in [1.165, 1.54) is 18.5 Å². The van der Waals surface area contributed by atoms with Crippen LogP contribution in [0.25, 0.3) is 5.69 Å². The molecule has 0 spiro atoms. The predicted octanol–water partition coefficient (Wildman–Crippen LogP) is 2.99. The minimum absolute atomic E-state index is 0.597. The first-order chi connectivity index (χ1) is 8.83. The molecule has 0 amide bonds. The smallest absolute Gasteiger partial charge is 0.0660 e. The molecule has 1 saturated heterocycles. The second-order valence-electron chi connectivity index (χ2n) is 4.69. The van der Waals surface area contributed by atoms with Crippen molar-refractivity contribution in [1.29, 1.82) is 0 Å². The van der Waals surface area contributed by atoms with Crippen LogP contribution in [0, 0.1) is 0 Å². The van der Waals surface area contributed by atoms with E-state index in [9.17, 15) is 0 Å². The zero-order valence-electron chi connectivity index (χ0n) is 10.1. The summed E-state index contributed by atoms with van der Waals surface area (Å²) in [5.74, 6) is 0.597. The van der Waals surface area contributed by atoms with Crippen molar-refractivity contribution < 1.29 is 0 Å². The summed E-state index contributed by atoms with van der Waals surface area (Å²) in [4.78, 5) is 0. The molecule has 3 nitrogen and oxygen atoms in total. The van der Waals surface area contributed by atoms with Gasteiger partial charge in [0.1, 0.15) is 0 Å². The molecule has 2 aromatic rings. The number of halogens is 1. The average Bonchev–Trinajstić information content (AvgIpc) is 2.90. The topological polar surface area (TPSA) is 29.9 Å². The Morgan fingerprint density at radius 2 is 1.83 bits per heavy atom. The summed E-state index contributed by atoms with van der Waals surface area (Å²) in [6.45, 7) is 2.19. The first kappa shape index (κ1) is 11.8. The Bertz CT molecular complexity index is 512. The molecule has 1 aromatic heterocycles. The van der Waals surface area contributed by atoms with Gasteiger partial charge >= 0.3 is 0 Å². The Kier molecular flexibility index (Phi) is 3.35. The molecule has 1 N–H and O–H groups in total. The van der Waals surface area contributed by atoms with Gasteiger partial charge in [0.15, 0.2) is 0 Å². The van der Waals surface area contributed by atoms with Gasteiger partial charge in [-0.15, -0.1) is 0 Å². The maximum Gasteiger partial charge on any atom is 0.0660 e. The van der Waals surface area contributed by atoms with Crippen molar-refractivity contribution in [3.05, 3.63) is 47.2 Å². The van der Waals surface area contributed by atoms with Crippen LogP contribution < -0.4 is 5.32 Å². The average molecular weight is 262 g/mol. The maximum absolute atomic E-state index is 5.89. The molecule has 94 valence electrons. The summed E-state index contributed by atoms with van der Waals surface area (Å²) in [5.41, 5.74) is 2.26. The molecule has 0 unspecified atom stereocenters. The maximum atomic E-state index is 5.89. The monoisotopic (exact) mass is 261 g/mol. The summed E-state index contributed by atoms with van der Waals surface area (Å²) >= 11 is 5.89. The third-order valence-corrected chi connectivity index (χ3v) is 3.71. The van der Waals surface area contributed by atoms with Gasteiger partial charge in [-0.05, 0) is 56.3 Å². The van der Waals surface area contributed by atoms with E-state index < -0.39 is 0 Å². The van der Waals surface area contributed by atoms with E-state index in [1.807, 2.05) is 35.1 Å². The minimum atomic E-state index is 0.597. The zero-order chi connectivity index (χ0) is 12.4. The van der Waals surface area contributed by atoms with Crippen molar-refractivity contribution in [3.63, 3.8) is 0 Å². The zero-order valence-corrected chi connectivity index (χ0v) is 10.9. The standard InChI is InChI=1S/C14H16ClN3/c15-12-1-3-13(4-2-12)18-10-7-14(17-18)11-5-8-16-9-6-11/h1-4,7,10-11,16H,5-6,8-9H2. The van der Waals surface area contributed by atoms with Gasteiger partial charge in [-0.25, -0.2) is 4.68 Å². The molecule has 1 fully saturated rings. The van der Waals surface area contributed by atoms with E-state index in [-0.39, 0.29) is 0 Å². The van der Waals surface area contributed by atoms with Crippen molar-refractivity contribution in [3.8, 4) is 5.69 Å². The molecule has 1 aliphatic heterocycles. The molecule has 0 radical (unpaired) electrons. The first-order valence-corrected chi connectivity index (χ1v) is 6.73. The summed E-state index contributed by atoms with van der Waals surface area (Å²) in [6, 6.07) is 9.89. The number of piperidine rings is 1. The molecule has 4 heteroatoms. The van der Waals surface area contributed by atoms with Crippen molar-refractivity contribution >= 4 is 11.6 Å². The van der Waals surface area contributed by atoms with Gasteiger partial charge in [-0.3, -0.25) is 0 Å². The third kappa shape index (κ3) is 2.42. The largest absolute Gasteiger partial charge is 0.317 e. The fourth-order valence-electron chi connectivity index (χ4n) is 2.41. The lowest BCUT2D eigenvalue weighted by Crippen LogP contribution is -2.26. The van der Waals surface area contributed by atoms with Crippen LogP contribution in [0.1, 0.15) is 24.5 Å². The lowest BCUT2D eigenvalue weighted by atomic mass is 9.95. The molecule has 3 rings (SSSR count). The lowest BCUT2D eigenvalue weighted by molar-refractivity contribution is 0.451. The van der Waals surface area contributed by atoms with Gasteiger partial charge in [-0.1, -0.05) is 11.6 Å². The minimum Gasteiger partial charge on any atom is -0.317 e. The van der Waals surface area contributed by atoms with Gasteiger partial charge in [0.05, 0.1) is 11.4 Å². The number of nitrogens with zero attached hydrogens (tertiary/aromatic N) is 2. The van der Waals surface area contributed by atoms with Crippen molar-refractivity contribution in [2.75, 3.05) is 13.1 Å². The van der Waals surface area contributed by atoms with Gasteiger partial charge in [-0.2, -0.15) is 5.10 Å². The Balaban J connectivity index is 1.82. The van der Waals surface area contributed by atoms with Crippen LogP contribution in [0.5, 0.6) is 0 Å². The van der Waals surface area contributed by atoms with E-state index in [0.29, 0.717) is 5.92 Å². The Morgan fingerprint density at radius 3 is 2.56 bits per heavy atom. The highest BCUT2D eigenvalue weighted by molar-refractivity contribution is 6.30. The third-order valence-electron chi connectivity index (χ3n) is 3.46. The number of aromatic nitrogens is 2. The van der Waals surface area contributed by atoms with Gasteiger partial charge < -0.3 is 5.32 Å². The summed E-state index contributed by atoms with van der Waals surface area (Å²) in [6.07, 6.45) is 4.38. The molecular weight excluding hydrogens is 246 g/mol. The molecule has 0 atom stereocenters. The number of rotatable bonds is 2. The van der Waals surface area contributed by atoms with Crippen molar-refractivity contribution in [1.82, 2.24) is 15.1 Å². The summed E-state index contributed by atoms with van der Waals surface area (Å²) < 4.78 is 1.92. The fraction of sp³-hybridized carbons (Fsp3) is 0.357. The lowest BCUT2D eigenvalue weighted by Gasteiger charge is -2.20. The Labute approximate surface area is 112 Å². The molecule has 0 bridgehead atoms. The molecule has 1 aliphatic rings. The van der Waals surface area contributed by atoms with Gasteiger partial charge in [0.2, 0.25) is 0 Å². The van der Waals surface area contributed by atoms with E-state index in [2.05, 4.69) is 16.5 Å². The van der Waals surface area contributed by atoms with Crippen LogP contribution in [-0.4, -0.2) is 22.9 Å². The van der Waals surface area contributed by atoms with E-state index in [1.54, 1.807) is 0 Å². The van der Waals surface area contributed by atoms with E-state index in [0.717, 1.165) is 23.8 Å². The predicted molar refractivity (Wildman–Crippen MR) is 73.4 cm³/mol. The number of hydrogen-bond donors (Lipinski definition) is 1. The number of nitrogens with one attached hydrogen (secondary N) is 1. The van der Waals surface area contributed by atoms with Crippen LogP contribution in [0.4, 0.5) is 0 Å².